The first-order valence-corrected chi connectivity index (χ1v) is 11.9. The number of methoxy groups -OCH3 is 2. The molecule has 0 fully saturated rings. The summed E-state index contributed by atoms with van der Waals surface area (Å²) in [4.78, 5) is 12.6. The van der Waals surface area contributed by atoms with Crippen molar-refractivity contribution in [3.05, 3.63) is 66.0 Å². The third-order valence-electron chi connectivity index (χ3n) is 5.80. The fraction of sp³-hybridized carbons (Fsp3) is 0.200. The maximum absolute atomic E-state index is 12.6. The molecular weight excluding hydrogens is 464 g/mol. The van der Waals surface area contributed by atoms with Crippen LogP contribution < -0.4 is 14.8 Å². The molecule has 0 saturated heterocycles. The van der Waals surface area contributed by atoms with Crippen molar-refractivity contribution in [2.45, 2.75) is 19.0 Å². The summed E-state index contributed by atoms with van der Waals surface area (Å²) in [6, 6.07) is 13.5. The van der Waals surface area contributed by atoms with E-state index in [-0.39, 0.29) is 11.7 Å². The Kier molecular flexibility index (Phi) is 6.04. The second kappa shape index (κ2) is 9.30. The molecule has 0 unspecified atom stereocenters. The van der Waals surface area contributed by atoms with Crippen LogP contribution in [0.2, 0.25) is 0 Å². The standard InChI is InChI=1S/C25H24N6O3S/c1-15-5-6-17(11-16(15)2)19-13-21-24-27-28-25(30(24)9-10-31(21)29-19)35-14-23(32)26-20-12-18(33-3)7-8-22(20)34-4/h5-13H,14H2,1-4H3,(H,26,32). The number of thioether (sulfide) groups is 1. The number of rotatable bonds is 7. The minimum absolute atomic E-state index is 0.152. The summed E-state index contributed by atoms with van der Waals surface area (Å²) in [5, 5.41) is 16.9. The van der Waals surface area contributed by atoms with E-state index in [2.05, 4.69) is 47.6 Å². The Balaban J connectivity index is 1.36. The van der Waals surface area contributed by atoms with Crippen molar-refractivity contribution >= 4 is 34.5 Å². The van der Waals surface area contributed by atoms with Crippen LogP contribution in [0.1, 0.15) is 11.1 Å². The van der Waals surface area contributed by atoms with Gasteiger partial charge in [0.2, 0.25) is 5.91 Å². The van der Waals surface area contributed by atoms with Gasteiger partial charge in [0.1, 0.15) is 17.0 Å². The summed E-state index contributed by atoms with van der Waals surface area (Å²) in [5.74, 6) is 1.14. The number of amides is 1. The van der Waals surface area contributed by atoms with Crippen LogP contribution in [0.4, 0.5) is 5.69 Å². The number of aromatic nitrogens is 5. The Morgan fingerprint density at radius 1 is 1.00 bits per heavy atom. The molecule has 1 amide bonds. The fourth-order valence-electron chi connectivity index (χ4n) is 3.76. The smallest absolute Gasteiger partial charge is 0.234 e. The Hall–Kier alpha value is -4.05. The number of carbonyl (C=O) groups excluding carboxylic acids is 1. The molecule has 5 aromatic rings. The first kappa shape index (κ1) is 22.7. The first-order chi connectivity index (χ1) is 17.0. The minimum atomic E-state index is -0.194. The van der Waals surface area contributed by atoms with E-state index in [1.807, 2.05) is 22.9 Å². The average Bonchev–Trinajstić information content (AvgIpc) is 3.48. The van der Waals surface area contributed by atoms with Crippen molar-refractivity contribution in [1.82, 2.24) is 24.2 Å². The van der Waals surface area contributed by atoms with Gasteiger partial charge in [-0.3, -0.25) is 9.20 Å². The zero-order valence-electron chi connectivity index (χ0n) is 19.8. The largest absolute Gasteiger partial charge is 0.497 e. The third-order valence-corrected chi connectivity index (χ3v) is 6.75. The van der Waals surface area contributed by atoms with Gasteiger partial charge in [-0.2, -0.15) is 5.10 Å². The van der Waals surface area contributed by atoms with Crippen LogP contribution in [-0.2, 0) is 4.79 Å². The topological polar surface area (TPSA) is 95.0 Å². The molecule has 3 aromatic heterocycles. The van der Waals surface area contributed by atoms with Crippen molar-refractivity contribution in [1.29, 1.82) is 0 Å². The number of anilines is 1. The monoisotopic (exact) mass is 488 g/mol. The van der Waals surface area contributed by atoms with Crippen molar-refractivity contribution in [2.75, 3.05) is 25.3 Å². The van der Waals surface area contributed by atoms with Crippen LogP contribution in [0, 0.1) is 13.8 Å². The Labute approximate surface area is 206 Å². The van der Waals surface area contributed by atoms with E-state index in [4.69, 9.17) is 14.6 Å². The number of nitrogens with one attached hydrogen (secondary N) is 1. The van der Waals surface area contributed by atoms with Crippen molar-refractivity contribution in [3.8, 4) is 22.8 Å². The van der Waals surface area contributed by atoms with Gasteiger partial charge in [0.25, 0.3) is 0 Å². The predicted octanol–water partition coefficient (Wildman–Crippen LogP) is 4.41. The summed E-state index contributed by atoms with van der Waals surface area (Å²) < 4.78 is 14.2. The van der Waals surface area contributed by atoms with Crippen LogP contribution in [0.15, 0.2) is 60.0 Å². The molecular formula is C25H24N6O3S. The molecule has 9 nitrogen and oxygen atoms in total. The molecule has 0 aliphatic carbocycles. The van der Waals surface area contributed by atoms with Crippen molar-refractivity contribution in [2.24, 2.45) is 0 Å². The maximum atomic E-state index is 12.6. The van der Waals surface area contributed by atoms with Gasteiger partial charge in [-0.25, -0.2) is 4.52 Å². The first-order valence-electron chi connectivity index (χ1n) is 10.9. The van der Waals surface area contributed by atoms with E-state index < -0.39 is 0 Å². The lowest BCUT2D eigenvalue weighted by atomic mass is 10.0. The number of aryl methyl sites for hydroxylation is 2. The van der Waals surface area contributed by atoms with Crippen molar-refractivity contribution < 1.29 is 14.3 Å². The van der Waals surface area contributed by atoms with Crippen LogP contribution in [-0.4, -0.2) is 50.1 Å². The normalized spacial score (nSPS) is 11.2. The van der Waals surface area contributed by atoms with Gasteiger partial charge < -0.3 is 14.8 Å². The van der Waals surface area contributed by atoms with E-state index in [9.17, 15) is 4.79 Å². The molecule has 0 radical (unpaired) electrons. The Bertz CT molecular complexity index is 1560. The van der Waals surface area contributed by atoms with Gasteiger partial charge in [0.05, 0.1) is 31.4 Å². The SMILES string of the molecule is COc1ccc(OC)c(NC(=O)CSc2nnc3c4cc(-c5ccc(C)c(C)c5)nn4ccn23)c1. The lowest BCUT2D eigenvalue weighted by Crippen LogP contribution is -2.15. The van der Waals surface area contributed by atoms with Crippen LogP contribution in [0.25, 0.3) is 22.4 Å². The van der Waals surface area contributed by atoms with Crippen LogP contribution in [0.3, 0.4) is 0 Å². The molecule has 1 N–H and O–H groups in total. The van der Waals surface area contributed by atoms with E-state index in [1.165, 1.54) is 22.9 Å². The number of ether oxygens (including phenoxy) is 2. The lowest BCUT2D eigenvalue weighted by Gasteiger charge is -2.11. The van der Waals surface area contributed by atoms with E-state index >= 15 is 0 Å². The summed E-state index contributed by atoms with van der Waals surface area (Å²) >= 11 is 1.30. The predicted molar refractivity (Wildman–Crippen MR) is 136 cm³/mol. The number of benzene rings is 2. The molecule has 0 aliphatic rings. The highest BCUT2D eigenvalue weighted by Crippen LogP contribution is 2.30. The number of fused-ring (bicyclic) bond motifs is 3. The van der Waals surface area contributed by atoms with Crippen molar-refractivity contribution in [3.63, 3.8) is 0 Å². The highest BCUT2D eigenvalue weighted by atomic mass is 32.2. The Morgan fingerprint density at radius 3 is 2.63 bits per heavy atom. The number of carbonyl (C=O) groups is 1. The lowest BCUT2D eigenvalue weighted by molar-refractivity contribution is -0.113. The molecule has 3 heterocycles. The zero-order chi connectivity index (χ0) is 24.5. The quantitative estimate of drug-likeness (QED) is 0.339. The molecule has 0 atom stereocenters. The number of hydrogen-bond acceptors (Lipinski definition) is 7. The minimum Gasteiger partial charge on any atom is -0.497 e. The molecule has 0 aliphatic heterocycles. The third kappa shape index (κ3) is 4.40. The highest BCUT2D eigenvalue weighted by molar-refractivity contribution is 7.99. The number of nitrogens with zero attached hydrogens (tertiary/aromatic N) is 5. The molecule has 0 spiro atoms. The summed E-state index contributed by atoms with van der Waals surface area (Å²) in [7, 11) is 3.12. The molecule has 178 valence electrons. The molecule has 0 bridgehead atoms. The average molecular weight is 489 g/mol. The van der Waals surface area contributed by atoms with Crippen LogP contribution in [0.5, 0.6) is 11.5 Å². The highest BCUT2D eigenvalue weighted by Gasteiger charge is 2.15. The molecule has 2 aromatic carbocycles. The molecule has 10 heteroatoms. The van der Waals surface area contributed by atoms with E-state index in [1.54, 1.807) is 36.9 Å². The van der Waals surface area contributed by atoms with Gasteiger partial charge in [0, 0.05) is 24.0 Å². The Morgan fingerprint density at radius 2 is 1.86 bits per heavy atom. The van der Waals surface area contributed by atoms with Gasteiger partial charge >= 0.3 is 0 Å². The summed E-state index contributed by atoms with van der Waals surface area (Å²) in [6.07, 6.45) is 3.71. The van der Waals surface area contributed by atoms with Gasteiger partial charge in [-0.1, -0.05) is 23.9 Å². The maximum Gasteiger partial charge on any atom is 0.234 e. The zero-order valence-corrected chi connectivity index (χ0v) is 20.6. The fourth-order valence-corrected chi connectivity index (χ4v) is 4.48. The summed E-state index contributed by atoms with van der Waals surface area (Å²) in [5.41, 5.74) is 6.43. The molecule has 35 heavy (non-hydrogen) atoms. The van der Waals surface area contributed by atoms with E-state index in [0.717, 1.165) is 16.8 Å². The molecule has 5 rings (SSSR count). The second-order valence-electron chi connectivity index (χ2n) is 8.04. The van der Waals surface area contributed by atoms with E-state index in [0.29, 0.717) is 28.0 Å². The number of hydrogen-bond donors (Lipinski definition) is 1. The van der Waals surface area contributed by atoms with Crippen LogP contribution >= 0.6 is 11.8 Å². The van der Waals surface area contributed by atoms with Gasteiger partial charge in [0.15, 0.2) is 10.8 Å². The molecule has 0 saturated carbocycles. The van der Waals surface area contributed by atoms with Gasteiger partial charge in [-0.05, 0) is 49.2 Å². The second-order valence-corrected chi connectivity index (χ2v) is 8.98. The van der Waals surface area contributed by atoms with Gasteiger partial charge in [-0.15, -0.1) is 10.2 Å². The summed E-state index contributed by atoms with van der Waals surface area (Å²) in [6.45, 7) is 4.19.